The third-order valence-electron chi connectivity index (χ3n) is 2.57. The predicted molar refractivity (Wildman–Crippen MR) is 63.6 cm³/mol. The zero-order valence-corrected chi connectivity index (χ0v) is 10.4. The Labute approximate surface area is 105 Å². The summed E-state index contributed by atoms with van der Waals surface area (Å²) in [6, 6.07) is 2.58. The molecule has 0 radical (unpaired) electrons. The molecule has 0 spiro atoms. The minimum atomic E-state index is -0.654. The van der Waals surface area contributed by atoms with Crippen molar-refractivity contribution < 1.29 is 14.1 Å². The maximum absolute atomic E-state index is 13.7. The summed E-state index contributed by atoms with van der Waals surface area (Å²) in [5.41, 5.74) is -0.370. The lowest BCUT2D eigenvalue weighted by molar-refractivity contribution is -0.384. The zero-order chi connectivity index (χ0) is 12.4. The van der Waals surface area contributed by atoms with Crippen LogP contribution in [0.4, 0.5) is 15.8 Å². The molecule has 0 saturated carbocycles. The summed E-state index contributed by atoms with van der Waals surface area (Å²) in [4.78, 5) is 10.2. The van der Waals surface area contributed by atoms with Crippen LogP contribution in [0.3, 0.4) is 0 Å². The third-order valence-corrected chi connectivity index (χ3v) is 3.18. The van der Waals surface area contributed by atoms with E-state index >= 15 is 0 Å². The number of nitro groups is 1. The van der Waals surface area contributed by atoms with E-state index in [0.29, 0.717) is 13.2 Å². The Bertz CT molecular complexity index is 451. The van der Waals surface area contributed by atoms with Crippen LogP contribution in [-0.4, -0.2) is 24.2 Å². The molecule has 1 heterocycles. The van der Waals surface area contributed by atoms with Crippen molar-refractivity contribution in [2.75, 3.05) is 18.5 Å². The number of halogens is 2. The van der Waals surface area contributed by atoms with Crippen LogP contribution in [0.15, 0.2) is 16.6 Å². The maximum atomic E-state index is 13.7. The first-order valence-corrected chi connectivity index (χ1v) is 5.86. The molecule has 1 aliphatic rings. The third kappa shape index (κ3) is 2.55. The van der Waals surface area contributed by atoms with Crippen LogP contribution in [0.2, 0.25) is 0 Å². The van der Waals surface area contributed by atoms with Gasteiger partial charge in [0.05, 0.1) is 15.5 Å². The Balaban J connectivity index is 2.21. The second kappa shape index (κ2) is 4.97. The molecule has 1 saturated heterocycles. The summed E-state index contributed by atoms with van der Waals surface area (Å²) in [5, 5.41) is 13.5. The van der Waals surface area contributed by atoms with Gasteiger partial charge in [-0.3, -0.25) is 10.1 Å². The zero-order valence-electron chi connectivity index (χ0n) is 8.78. The van der Waals surface area contributed by atoms with Crippen molar-refractivity contribution in [1.29, 1.82) is 0 Å². The van der Waals surface area contributed by atoms with Crippen LogP contribution in [0.5, 0.6) is 0 Å². The van der Waals surface area contributed by atoms with Gasteiger partial charge in [0.2, 0.25) is 0 Å². The van der Waals surface area contributed by atoms with Crippen LogP contribution in [-0.2, 0) is 4.74 Å². The van der Waals surface area contributed by atoms with E-state index < -0.39 is 10.7 Å². The van der Waals surface area contributed by atoms with E-state index in [0.717, 1.165) is 6.42 Å². The highest BCUT2D eigenvalue weighted by Gasteiger charge is 2.23. The molecule has 1 aromatic rings. The summed E-state index contributed by atoms with van der Waals surface area (Å²) in [5.74, 6) is -0.654. The molecule has 1 N–H and O–H groups in total. The summed E-state index contributed by atoms with van der Waals surface area (Å²) >= 11 is 3.00. The number of hydrogen-bond donors (Lipinski definition) is 1. The van der Waals surface area contributed by atoms with Crippen LogP contribution >= 0.6 is 15.9 Å². The van der Waals surface area contributed by atoms with E-state index in [-0.39, 0.29) is 22.0 Å². The van der Waals surface area contributed by atoms with Gasteiger partial charge in [0, 0.05) is 19.2 Å². The van der Waals surface area contributed by atoms with E-state index in [1.807, 2.05) is 0 Å². The van der Waals surface area contributed by atoms with E-state index in [9.17, 15) is 14.5 Å². The Morgan fingerprint density at radius 2 is 2.35 bits per heavy atom. The van der Waals surface area contributed by atoms with Crippen molar-refractivity contribution in [3.05, 3.63) is 32.5 Å². The van der Waals surface area contributed by atoms with Gasteiger partial charge in [-0.25, -0.2) is 4.39 Å². The van der Waals surface area contributed by atoms with Gasteiger partial charge in [-0.15, -0.1) is 0 Å². The van der Waals surface area contributed by atoms with Crippen molar-refractivity contribution >= 4 is 27.3 Å². The molecule has 2 rings (SSSR count). The van der Waals surface area contributed by atoms with Crippen molar-refractivity contribution in [3.8, 4) is 0 Å². The highest BCUT2D eigenvalue weighted by Crippen LogP contribution is 2.32. The molecule has 1 atom stereocenters. The Morgan fingerprint density at radius 1 is 1.65 bits per heavy atom. The van der Waals surface area contributed by atoms with Crippen LogP contribution in [0.25, 0.3) is 0 Å². The van der Waals surface area contributed by atoms with Gasteiger partial charge in [0.15, 0.2) is 11.5 Å². The number of nitrogens with zero attached hydrogens (tertiary/aromatic N) is 1. The highest BCUT2D eigenvalue weighted by atomic mass is 79.9. The number of hydrogen-bond acceptors (Lipinski definition) is 4. The molecule has 0 aliphatic carbocycles. The first kappa shape index (κ1) is 12.3. The molecule has 17 heavy (non-hydrogen) atoms. The number of benzene rings is 1. The first-order valence-electron chi connectivity index (χ1n) is 5.07. The van der Waals surface area contributed by atoms with Crippen molar-refractivity contribution in [2.24, 2.45) is 0 Å². The highest BCUT2D eigenvalue weighted by molar-refractivity contribution is 9.10. The van der Waals surface area contributed by atoms with Crippen molar-refractivity contribution in [1.82, 2.24) is 0 Å². The maximum Gasteiger partial charge on any atom is 0.295 e. The second-order valence-corrected chi connectivity index (χ2v) is 4.53. The predicted octanol–water partition coefficient (Wildman–Crippen LogP) is 2.70. The molecule has 1 fully saturated rings. The Hall–Kier alpha value is -1.21. The van der Waals surface area contributed by atoms with Crippen molar-refractivity contribution in [3.63, 3.8) is 0 Å². The molecule has 0 bridgehead atoms. The minimum Gasteiger partial charge on any atom is -0.376 e. The molecule has 1 aromatic carbocycles. The lowest BCUT2D eigenvalue weighted by Gasteiger charge is -2.26. The van der Waals surface area contributed by atoms with E-state index in [1.54, 1.807) is 0 Å². The molecule has 92 valence electrons. The quantitative estimate of drug-likeness (QED) is 0.686. The number of rotatable bonds is 4. The lowest BCUT2D eigenvalue weighted by atomic mass is 10.2. The number of nitrogens with one attached hydrogen (secondary N) is 1. The summed E-state index contributed by atoms with van der Waals surface area (Å²) in [7, 11) is 0. The fourth-order valence-electron chi connectivity index (χ4n) is 1.52. The van der Waals surface area contributed by atoms with Gasteiger partial charge < -0.3 is 10.1 Å². The second-order valence-electron chi connectivity index (χ2n) is 3.67. The summed E-state index contributed by atoms with van der Waals surface area (Å²) in [6.07, 6.45) is 0.893. The van der Waals surface area contributed by atoms with E-state index in [4.69, 9.17) is 4.74 Å². The normalized spacial score (nSPS) is 18.6. The molecule has 0 amide bonds. The van der Waals surface area contributed by atoms with Crippen LogP contribution in [0.1, 0.15) is 6.42 Å². The van der Waals surface area contributed by atoms with Gasteiger partial charge in [-0.1, -0.05) is 0 Å². The molecular formula is C10H10BrFN2O3. The van der Waals surface area contributed by atoms with E-state index in [1.165, 1.54) is 12.1 Å². The standard InChI is InChI=1S/C10H10BrFN2O3/c11-7-1-2-8(14(15)16)10(9(7)12)13-5-6-3-4-17-6/h1-2,6,13H,3-5H2/t6-/m0/s1. The van der Waals surface area contributed by atoms with Gasteiger partial charge in [0.25, 0.3) is 5.69 Å². The number of ether oxygens (including phenoxy) is 1. The van der Waals surface area contributed by atoms with Crippen LogP contribution < -0.4 is 5.32 Å². The monoisotopic (exact) mass is 304 g/mol. The molecule has 0 aromatic heterocycles. The number of nitro benzene ring substituents is 1. The van der Waals surface area contributed by atoms with Crippen molar-refractivity contribution in [2.45, 2.75) is 12.5 Å². The average molecular weight is 305 g/mol. The Kier molecular flexibility index (Phi) is 3.58. The lowest BCUT2D eigenvalue weighted by Crippen LogP contribution is -2.33. The topological polar surface area (TPSA) is 64.4 Å². The van der Waals surface area contributed by atoms with Gasteiger partial charge in [-0.2, -0.15) is 0 Å². The SMILES string of the molecule is O=[N+]([O-])c1ccc(Br)c(F)c1NC[C@@H]1CCO1. The van der Waals surface area contributed by atoms with E-state index in [2.05, 4.69) is 21.2 Å². The van der Waals surface area contributed by atoms with Gasteiger partial charge in [-0.05, 0) is 28.4 Å². The smallest absolute Gasteiger partial charge is 0.295 e. The summed E-state index contributed by atoms with van der Waals surface area (Å²) < 4.78 is 19.1. The first-order chi connectivity index (χ1) is 8.09. The largest absolute Gasteiger partial charge is 0.376 e. The fourth-order valence-corrected chi connectivity index (χ4v) is 1.85. The molecular weight excluding hydrogens is 295 g/mol. The minimum absolute atomic E-state index is 0.00739. The van der Waals surface area contributed by atoms with Crippen LogP contribution in [0, 0.1) is 15.9 Å². The number of anilines is 1. The van der Waals surface area contributed by atoms with Gasteiger partial charge in [0.1, 0.15) is 0 Å². The van der Waals surface area contributed by atoms with Gasteiger partial charge >= 0.3 is 0 Å². The molecule has 0 unspecified atom stereocenters. The average Bonchev–Trinajstić information content (AvgIpc) is 2.21. The summed E-state index contributed by atoms with van der Waals surface area (Å²) in [6.45, 7) is 1.06. The fraction of sp³-hybridized carbons (Fsp3) is 0.400. The molecule has 1 aliphatic heterocycles. The Morgan fingerprint density at radius 3 is 2.88 bits per heavy atom. The molecule has 5 nitrogen and oxygen atoms in total. The molecule has 7 heteroatoms.